The molecule has 9 heteroatoms. The number of nitro groups is 2. The van der Waals surface area contributed by atoms with Crippen LogP contribution in [0.4, 0.5) is 16.2 Å². The Labute approximate surface area is 112 Å². The van der Waals surface area contributed by atoms with Gasteiger partial charge in [-0.1, -0.05) is 0 Å². The van der Waals surface area contributed by atoms with E-state index in [0.717, 1.165) is 6.07 Å². The highest BCUT2D eigenvalue weighted by atomic mass is 16.6. The Morgan fingerprint density at radius 1 is 1.30 bits per heavy atom. The van der Waals surface area contributed by atoms with Gasteiger partial charge in [-0.2, -0.15) is 0 Å². The minimum atomic E-state index is -0.672. The second-order valence-corrected chi connectivity index (χ2v) is 4.36. The lowest BCUT2D eigenvalue weighted by Crippen LogP contribution is -2.35. The molecule has 0 heterocycles. The number of nitro benzene ring substituents is 2. The molecule has 1 unspecified atom stereocenters. The number of nitrogens with one attached hydrogen (secondary N) is 1. The largest absolute Gasteiger partial charge is 0.453 e. The van der Waals surface area contributed by atoms with Gasteiger partial charge in [0.15, 0.2) is 0 Å². The molecule has 1 aromatic carbocycles. The standard InChI is InChI=1S/C11H11N3O6/c1-20-11(15)12-7-2-6-3-8(13(16)17)5-10(14(18)19)9(6)4-7/h3,5,7H,2,4H2,1H3,(H,12,15). The molecule has 0 aliphatic heterocycles. The lowest BCUT2D eigenvalue weighted by molar-refractivity contribution is -0.394. The summed E-state index contributed by atoms with van der Waals surface area (Å²) in [6.45, 7) is 0. The third kappa shape index (κ3) is 2.51. The summed E-state index contributed by atoms with van der Waals surface area (Å²) in [7, 11) is 1.21. The van der Waals surface area contributed by atoms with E-state index >= 15 is 0 Å². The SMILES string of the molecule is COC(=O)NC1Cc2cc([N+](=O)[O-])cc([N+](=O)[O-])c2C1. The average molecular weight is 281 g/mol. The van der Waals surface area contributed by atoms with Gasteiger partial charge in [0.1, 0.15) is 0 Å². The van der Waals surface area contributed by atoms with Gasteiger partial charge in [-0.3, -0.25) is 20.2 Å². The van der Waals surface area contributed by atoms with E-state index in [4.69, 9.17) is 0 Å². The Balaban J connectivity index is 2.35. The van der Waals surface area contributed by atoms with E-state index in [-0.39, 0.29) is 23.8 Å². The van der Waals surface area contributed by atoms with E-state index in [9.17, 15) is 25.0 Å². The van der Waals surface area contributed by atoms with E-state index in [1.54, 1.807) is 0 Å². The van der Waals surface area contributed by atoms with Crippen molar-refractivity contribution in [1.29, 1.82) is 0 Å². The van der Waals surface area contributed by atoms with Gasteiger partial charge in [0.2, 0.25) is 0 Å². The quantitative estimate of drug-likeness (QED) is 0.658. The molecule has 106 valence electrons. The molecule has 1 amide bonds. The highest BCUT2D eigenvalue weighted by Crippen LogP contribution is 2.34. The van der Waals surface area contributed by atoms with Gasteiger partial charge in [-0.05, 0) is 12.0 Å². The Bertz CT molecular complexity index is 600. The van der Waals surface area contributed by atoms with Crippen LogP contribution in [0.1, 0.15) is 11.1 Å². The Hall–Kier alpha value is -2.71. The zero-order valence-corrected chi connectivity index (χ0v) is 10.5. The van der Waals surface area contributed by atoms with Crippen molar-refractivity contribution in [3.8, 4) is 0 Å². The molecule has 0 bridgehead atoms. The molecule has 1 aliphatic rings. The van der Waals surface area contributed by atoms with Crippen LogP contribution in [0, 0.1) is 20.2 Å². The molecule has 2 rings (SSSR count). The van der Waals surface area contributed by atoms with Gasteiger partial charge >= 0.3 is 6.09 Å². The first-order chi connectivity index (χ1) is 9.42. The average Bonchev–Trinajstić information content (AvgIpc) is 2.78. The van der Waals surface area contributed by atoms with Crippen molar-refractivity contribution >= 4 is 17.5 Å². The molecule has 0 fully saturated rings. The lowest BCUT2D eigenvalue weighted by atomic mass is 10.1. The van der Waals surface area contributed by atoms with Crippen LogP contribution in [-0.4, -0.2) is 29.1 Å². The zero-order valence-electron chi connectivity index (χ0n) is 10.5. The molecule has 20 heavy (non-hydrogen) atoms. The van der Waals surface area contributed by atoms with Crippen molar-refractivity contribution in [1.82, 2.24) is 5.32 Å². The number of alkyl carbamates (subject to hydrolysis) is 1. The van der Waals surface area contributed by atoms with Crippen molar-refractivity contribution < 1.29 is 19.4 Å². The van der Waals surface area contributed by atoms with Gasteiger partial charge in [-0.25, -0.2) is 4.79 Å². The van der Waals surface area contributed by atoms with Crippen LogP contribution in [0.3, 0.4) is 0 Å². The van der Waals surface area contributed by atoms with Crippen molar-refractivity contribution in [3.63, 3.8) is 0 Å². The third-order valence-corrected chi connectivity index (χ3v) is 3.14. The number of benzene rings is 1. The van der Waals surface area contributed by atoms with Gasteiger partial charge in [0, 0.05) is 24.1 Å². The predicted molar refractivity (Wildman–Crippen MR) is 66.5 cm³/mol. The second-order valence-electron chi connectivity index (χ2n) is 4.36. The summed E-state index contributed by atoms with van der Waals surface area (Å²) < 4.78 is 4.46. The topological polar surface area (TPSA) is 125 Å². The maximum absolute atomic E-state index is 11.1. The van der Waals surface area contributed by atoms with Crippen LogP contribution in [0.2, 0.25) is 0 Å². The Morgan fingerprint density at radius 2 is 2.00 bits per heavy atom. The summed E-state index contributed by atoms with van der Waals surface area (Å²) in [6.07, 6.45) is -0.0916. The first-order valence-electron chi connectivity index (χ1n) is 5.71. The third-order valence-electron chi connectivity index (χ3n) is 3.14. The second kappa shape index (κ2) is 5.11. The summed E-state index contributed by atoms with van der Waals surface area (Å²) in [5.41, 5.74) is 0.312. The predicted octanol–water partition coefficient (Wildman–Crippen LogP) is 1.33. The number of fused-ring (bicyclic) bond motifs is 1. The minimum Gasteiger partial charge on any atom is -0.453 e. The highest BCUT2D eigenvalue weighted by molar-refractivity contribution is 5.68. The molecular weight excluding hydrogens is 270 g/mol. The van der Waals surface area contributed by atoms with Crippen molar-refractivity contribution in [3.05, 3.63) is 43.5 Å². The smallest absolute Gasteiger partial charge is 0.407 e. The van der Waals surface area contributed by atoms with E-state index in [1.807, 2.05) is 0 Å². The van der Waals surface area contributed by atoms with Crippen LogP contribution >= 0.6 is 0 Å². The molecule has 0 spiro atoms. The number of methoxy groups -OCH3 is 1. The maximum Gasteiger partial charge on any atom is 0.407 e. The van der Waals surface area contributed by atoms with Gasteiger partial charge < -0.3 is 10.1 Å². The highest BCUT2D eigenvalue weighted by Gasteiger charge is 2.32. The number of amides is 1. The van der Waals surface area contributed by atoms with E-state index < -0.39 is 15.9 Å². The summed E-state index contributed by atoms with van der Waals surface area (Å²) in [5, 5.41) is 24.3. The number of hydrogen-bond donors (Lipinski definition) is 1. The first-order valence-corrected chi connectivity index (χ1v) is 5.71. The molecule has 0 saturated heterocycles. The first kappa shape index (κ1) is 13.7. The van der Waals surface area contributed by atoms with E-state index in [2.05, 4.69) is 10.1 Å². The summed E-state index contributed by atoms with van der Waals surface area (Å²) in [6, 6.07) is 1.89. The molecule has 9 nitrogen and oxygen atoms in total. The van der Waals surface area contributed by atoms with Gasteiger partial charge in [0.05, 0.1) is 23.0 Å². The number of carbonyl (C=O) groups excluding carboxylic acids is 1. The lowest BCUT2D eigenvalue weighted by Gasteiger charge is -2.09. The monoisotopic (exact) mass is 281 g/mol. The van der Waals surface area contributed by atoms with Gasteiger partial charge in [-0.15, -0.1) is 0 Å². The number of ether oxygens (including phenoxy) is 1. The fraction of sp³-hybridized carbons (Fsp3) is 0.364. The molecular formula is C11H11N3O6. The fourth-order valence-electron chi connectivity index (χ4n) is 2.30. The van der Waals surface area contributed by atoms with Crippen LogP contribution in [0.25, 0.3) is 0 Å². The minimum absolute atomic E-state index is 0.249. The Kier molecular flexibility index (Phi) is 3.51. The van der Waals surface area contributed by atoms with Gasteiger partial charge in [0.25, 0.3) is 11.4 Å². The number of rotatable bonds is 3. The van der Waals surface area contributed by atoms with Crippen LogP contribution < -0.4 is 5.32 Å². The molecule has 0 saturated carbocycles. The normalized spacial score (nSPS) is 16.4. The number of carbonyl (C=O) groups is 1. The fourth-order valence-corrected chi connectivity index (χ4v) is 2.30. The van der Waals surface area contributed by atoms with Crippen molar-refractivity contribution in [2.24, 2.45) is 0 Å². The number of non-ortho nitro benzene ring substituents is 1. The summed E-state index contributed by atoms with van der Waals surface area (Å²) in [4.78, 5) is 31.6. The van der Waals surface area contributed by atoms with Crippen molar-refractivity contribution in [2.45, 2.75) is 18.9 Å². The van der Waals surface area contributed by atoms with Crippen LogP contribution in [0.5, 0.6) is 0 Å². The molecule has 1 N–H and O–H groups in total. The molecule has 1 aromatic rings. The summed E-state index contributed by atoms with van der Waals surface area (Å²) >= 11 is 0. The van der Waals surface area contributed by atoms with E-state index in [0.29, 0.717) is 17.5 Å². The molecule has 0 aromatic heterocycles. The molecule has 1 aliphatic carbocycles. The van der Waals surface area contributed by atoms with Crippen LogP contribution in [-0.2, 0) is 17.6 Å². The summed E-state index contributed by atoms with van der Waals surface area (Å²) in [5.74, 6) is 0. The zero-order chi connectivity index (χ0) is 14.9. The van der Waals surface area contributed by atoms with Crippen molar-refractivity contribution in [2.75, 3.05) is 7.11 Å². The Morgan fingerprint density at radius 3 is 2.55 bits per heavy atom. The number of nitrogens with zero attached hydrogens (tertiary/aromatic N) is 2. The molecule has 0 radical (unpaired) electrons. The maximum atomic E-state index is 11.1. The number of hydrogen-bond acceptors (Lipinski definition) is 6. The van der Waals surface area contributed by atoms with E-state index in [1.165, 1.54) is 13.2 Å². The van der Waals surface area contributed by atoms with Crippen LogP contribution in [0.15, 0.2) is 12.1 Å². The molecule has 1 atom stereocenters.